The molecule has 2 aromatic carbocycles. The van der Waals surface area contributed by atoms with Crippen LogP contribution in [0.4, 0.5) is 5.69 Å². The van der Waals surface area contributed by atoms with Crippen LogP contribution in [0.5, 0.6) is 0 Å². The number of nitrogens with one attached hydrogen (secondary N) is 3. The molecule has 3 N–H and O–H groups in total. The molecule has 10 heteroatoms. The summed E-state index contributed by atoms with van der Waals surface area (Å²) in [5.74, 6) is -1.56. The molecule has 0 aliphatic carbocycles. The zero-order valence-electron chi connectivity index (χ0n) is 14.9. The first-order chi connectivity index (χ1) is 13.3. The summed E-state index contributed by atoms with van der Waals surface area (Å²) in [7, 11) is 0. The van der Waals surface area contributed by atoms with E-state index in [2.05, 4.69) is 16.2 Å². The van der Waals surface area contributed by atoms with Crippen LogP contribution in [0.25, 0.3) is 0 Å². The summed E-state index contributed by atoms with van der Waals surface area (Å²) >= 11 is 1.32. The quantitative estimate of drug-likeness (QED) is 0.366. The van der Waals surface area contributed by atoms with Crippen molar-refractivity contribution in [1.29, 1.82) is 0 Å². The van der Waals surface area contributed by atoms with Crippen molar-refractivity contribution in [3.05, 3.63) is 69.8 Å². The molecule has 2 aromatic rings. The van der Waals surface area contributed by atoms with E-state index in [9.17, 15) is 24.5 Å². The molecule has 0 aliphatic heterocycles. The average Bonchev–Trinajstić information content (AvgIpc) is 2.70. The Morgan fingerprint density at radius 2 is 1.71 bits per heavy atom. The van der Waals surface area contributed by atoms with Gasteiger partial charge in [0.2, 0.25) is 5.91 Å². The minimum absolute atomic E-state index is 0.0560. The second-order valence-electron chi connectivity index (χ2n) is 5.69. The third-order valence-electron chi connectivity index (χ3n) is 3.46. The number of nitro groups is 1. The molecular weight excluding hydrogens is 384 g/mol. The van der Waals surface area contributed by atoms with Gasteiger partial charge < -0.3 is 5.32 Å². The van der Waals surface area contributed by atoms with Crippen LogP contribution in [0.3, 0.4) is 0 Å². The predicted octanol–water partition coefficient (Wildman–Crippen LogP) is 1.57. The van der Waals surface area contributed by atoms with Crippen molar-refractivity contribution in [3.63, 3.8) is 0 Å². The van der Waals surface area contributed by atoms with Crippen LogP contribution in [-0.4, -0.2) is 34.9 Å². The maximum absolute atomic E-state index is 11.9. The van der Waals surface area contributed by atoms with Gasteiger partial charge in [0.25, 0.3) is 17.5 Å². The van der Waals surface area contributed by atoms with Crippen molar-refractivity contribution >= 4 is 35.2 Å². The molecule has 0 radical (unpaired) electrons. The Morgan fingerprint density at radius 1 is 1.04 bits per heavy atom. The molecule has 146 valence electrons. The van der Waals surface area contributed by atoms with E-state index < -0.39 is 29.2 Å². The minimum Gasteiger partial charge on any atom is -0.343 e. The second-order valence-corrected chi connectivity index (χ2v) is 6.74. The van der Waals surface area contributed by atoms with E-state index in [0.29, 0.717) is 0 Å². The van der Waals surface area contributed by atoms with Crippen molar-refractivity contribution in [2.75, 3.05) is 12.3 Å². The van der Waals surface area contributed by atoms with Crippen molar-refractivity contribution < 1.29 is 19.3 Å². The standard InChI is InChI=1S/C18H18N4O5S/c1-12-5-7-15(8-6-12)28-11-17(24)21-20-16(23)10-19-18(25)13-3-2-4-14(9-13)22(26)27/h2-9H,10-11H2,1H3,(H,19,25)(H,20,23)(H,21,24). The third-order valence-corrected chi connectivity index (χ3v) is 4.47. The van der Waals surface area contributed by atoms with Crippen LogP contribution in [-0.2, 0) is 9.59 Å². The van der Waals surface area contributed by atoms with Gasteiger partial charge in [-0.2, -0.15) is 0 Å². The zero-order valence-corrected chi connectivity index (χ0v) is 15.7. The molecule has 0 fully saturated rings. The van der Waals surface area contributed by atoms with Crippen LogP contribution in [0.1, 0.15) is 15.9 Å². The highest BCUT2D eigenvalue weighted by Crippen LogP contribution is 2.17. The molecule has 2 rings (SSSR count). The Labute approximate surface area is 165 Å². The monoisotopic (exact) mass is 402 g/mol. The van der Waals surface area contributed by atoms with Crippen molar-refractivity contribution in [3.8, 4) is 0 Å². The molecule has 0 unspecified atom stereocenters. The number of carbonyl (C=O) groups is 3. The number of benzene rings is 2. The van der Waals surface area contributed by atoms with Crippen LogP contribution in [0.2, 0.25) is 0 Å². The fourth-order valence-electron chi connectivity index (χ4n) is 2.03. The maximum atomic E-state index is 11.9. The first-order valence-corrected chi connectivity index (χ1v) is 9.13. The molecule has 0 aromatic heterocycles. The Hall–Kier alpha value is -3.40. The first-order valence-electron chi connectivity index (χ1n) is 8.15. The van der Waals surface area contributed by atoms with Crippen molar-refractivity contribution in [1.82, 2.24) is 16.2 Å². The van der Waals surface area contributed by atoms with Gasteiger partial charge in [0, 0.05) is 22.6 Å². The smallest absolute Gasteiger partial charge is 0.270 e. The fraction of sp³-hybridized carbons (Fsp3) is 0.167. The second kappa shape index (κ2) is 10.1. The molecule has 0 saturated heterocycles. The summed E-state index contributed by atoms with van der Waals surface area (Å²) in [5.41, 5.74) is 5.39. The fourth-order valence-corrected chi connectivity index (χ4v) is 2.72. The molecule has 0 atom stereocenters. The van der Waals surface area contributed by atoms with Crippen LogP contribution in [0.15, 0.2) is 53.4 Å². The van der Waals surface area contributed by atoms with E-state index in [1.54, 1.807) is 0 Å². The van der Waals surface area contributed by atoms with Crippen molar-refractivity contribution in [2.45, 2.75) is 11.8 Å². The van der Waals surface area contributed by atoms with Gasteiger partial charge in [-0.25, -0.2) is 0 Å². The SMILES string of the molecule is Cc1ccc(SCC(=O)NNC(=O)CNC(=O)c2cccc([N+](=O)[O-])c2)cc1. The van der Waals surface area contributed by atoms with Gasteiger partial charge in [-0.3, -0.25) is 35.3 Å². The molecule has 0 saturated carbocycles. The summed E-state index contributed by atoms with van der Waals surface area (Å²) in [6.45, 7) is 1.57. The maximum Gasteiger partial charge on any atom is 0.270 e. The van der Waals surface area contributed by atoms with Gasteiger partial charge in [-0.05, 0) is 25.1 Å². The normalized spacial score (nSPS) is 10.0. The summed E-state index contributed by atoms with van der Waals surface area (Å²) in [6.07, 6.45) is 0. The van der Waals surface area contributed by atoms with E-state index in [0.717, 1.165) is 16.5 Å². The molecule has 0 spiro atoms. The number of hydrogen-bond acceptors (Lipinski definition) is 6. The number of nitrogens with zero attached hydrogens (tertiary/aromatic N) is 1. The lowest BCUT2D eigenvalue weighted by Gasteiger charge is -2.08. The zero-order chi connectivity index (χ0) is 20.5. The molecule has 28 heavy (non-hydrogen) atoms. The van der Waals surface area contributed by atoms with Crippen molar-refractivity contribution in [2.24, 2.45) is 0 Å². The molecule has 9 nitrogen and oxygen atoms in total. The van der Waals surface area contributed by atoms with E-state index in [4.69, 9.17) is 0 Å². The first kappa shape index (κ1) is 20.9. The number of hydrazine groups is 1. The summed E-state index contributed by atoms with van der Waals surface area (Å²) in [4.78, 5) is 46.4. The summed E-state index contributed by atoms with van der Waals surface area (Å²) in [6, 6.07) is 12.8. The number of carbonyl (C=O) groups excluding carboxylic acids is 3. The van der Waals surface area contributed by atoms with Crippen LogP contribution < -0.4 is 16.2 Å². The topological polar surface area (TPSA) is 130 Å². The lowest BCUT2D eigenvalue weighted by Crippen LogP contribution is -2.46. The number of rotatable bonds is 7. The number of thioether (sulfide) groups is 1. The van der Waals surface area contributed by atoms with Gasteiger partial charge in [0.15, 0.2) is 0 Å². The minimum atomic E-state index is -0.639. The third kappa shape index (κ3) is 6.72. The Balaban J connectivity index is 1.71. The van der Waals surface area contributed by atoms with E-state index in [-0.39, 0.29) is 17.0 Å². The van der Waals surface area contributed by atoms with E-state index in [1.807, 2.05) is 31.2 Å². The average molecular weight is 402 g/mol. The lowest BCUT2D eigenvalue weighted by atomic mass is 10.2. The van der Waals surface area contributed by atoms with Gasteiger partial charge in [0.05, 0.1) is 17.2 Å². The highest BCUT2D eigenvalue weighted by molar-refractivity contribution is 8.00. The number of aryl methyl sites for hydroxylation is 1. The van der Waals surface area contributed by atoms with Gasteiger partial charge in [0.1, 0.15) is 0 Å². The molecule has 0 bridgehead atoms. The number of nitro benzene ring substituents is 1. The van der Waals surface area contributed by atoms with Crippen LogP contribution in [0, 0.1) is 17.0 Å². The Morgan fingerprint density at radius 3 is 2.39 bits per heavy atom. The van der Waals surface area contributed by atoms with Crippen LogP contribution >= 0.6 is 11.8 Å². The number of non-ortho nitro benzene ring substituents is 1. The Bertz CT molecular complexity index is 886. The molecule has 3 amide bonds. The highest BCUT2D eigenvalue weighted by atomic mass is 32.2. The summed E-state index contributed by atoms with van der Waals surface area (Å²) in [5, 5.41) is 13.0. The molecular formula is C18H18N4O5S. The van der Waals surface area contributed by atoms with Gasteiger partial charge in [-0.1, -0.05) is 23.8 Å². The number of hydrogen-bond donors (Lipinski definition) is 3. The Kier molecular flexibility index (Phi) is 7.52. The molecule has 0 heterocycles. The van der Waals surface area contributed by atoms with Gasteiger partial charge in [-0.15, -0.1) is 11.8 Å². The molecule has 0 aliphatic rings. The van der Waals surface area contributed by atoms with Gasteiger partial charge >= 0.3 is 0 Å². The predicted molar refractivity (Wildman–Crippen MR) is 104 cm³/mol. The van der Waals surface area contributed by atoms with E-state index >= 15 is 0 Å². The summed E-state index contributed by atoms with van der Waals surface area (Å²) < 4.78 is 0. The lowest BCUT2D eigenvalue weighted by molar-refractivity contribution is -0.384. The number of amides is 3. The highest BCUT2D eigenvalue weighted by Gasteiger charge is 2.13. The van der Waals surface area contributed by atoms with E-state index in [1.165, 1.54) is 30.0 Å². The largest absolute Gasteiger partial charge is 0.343 e.